The number of rotatable bonds is 8. The number of fused-ring (bicyclic) bond motifs is 1. The van der Waals surface area contributed by atoms with E-state index in [1.54, 1.807) is 23.6 Å². The summed E-state index contributed by atoms with van der Waals surface area (Å²) in [5, 5.41) is 13.5. The summed E-state index contributed by atoms with van der Waals surface area (Å²) >= 11 is 1.62. The first-order valence-electron chi connectivity index (χ1n) is 12.7. The molecule has 0 aromatic heterocycles. The summed E-state index contributed by atoms with van der Waals surface area (Å²) in [5.41, 5.74) is 2.69. The van der Waals surface area contributed by atoms with Gasteiger partial charge in [-0.2, -0.15) is 0 Å². The van der Waals surface area contributed by atoms with Gasteiger partial charge in [0.15, 0.2) is 0 Å². The van der Waals surface area contributed by atoms with Crippen molar-refractivity contribution in [2.24, 2.45) is 17.8 Å². The van der Waals surface area contributed by atoms with Crippen molar-refractivity contribution in [1.82, 2.24) is 4.90 Å². The molecule has 8 heteroatoms. The number of amides is 2. The van der Waals surface area contributed by atoms with E-state index in [-0.39, 0.29) is 36.9 Å². The fraction of sp³-hybridized carbons (Fsp3) is 0.667. The second kappa shape index (κ2) is 9.43. The summed E-state index contributed by atoms with van der Waals surface area (Å²) in [6.45, 7) is 11.7. The predicted molar refractivity (Wildman–Crippen MR) is 137 cm³/mol. The first-order valence-corrected chi connectivity index (χ1v) is 13.5. The zero-order valence-electron chi connectivity index (χ0n) is 21.6. The van der Waals surface area contributed by atoms with Gasteiger partial charge in [0, 0.05) is 10.4 Å². The Balaban J connectivity index is 1.81. The molecule has 4 rings (SSSR count). The van der Waals surface area contributed by atoms with Crippen molar-refractivity contribution < 1.29 is 24.2 Å². The first kappa shape index (κ1) is 26.0. The molecule has 35 heavy (non-hydrogen) atoms. The van der Waals surface area contributed by atoms with E-state index >= 15 is 0 Å². The molecule has 7 atom stereocenters. The van der Waals surface area contributed by atoms with E-state index < -0.39 is 33.4 Å². The van der Waals surface area contributed by atoms with Crippen LogP contribution in [0.1, 0.15) is 58.1 Å². The van der Waals surface area contributed by atoms with Crippen LogP contribution in [-0.4, -0.2) is 62.6 Å². The lowest BCUT2D eigenvalue weighted by Gasteiger charge is -2.39. The minimum absolute atomic E-state index is 0.00554. The topological polar surface area (TPSA) is 95.9 Å². The number of thioether (sulfide) groups is 1. The van der Waals surface area contributed by atoms with Gasteiger partial charge in [-0.05, 0) is 63.6 Å². The Morgan fingerprint density at radius 2 is 2.00 bits per heavy atom. The van der Waals surface area contributed by atoms with E-state index in [0.29, 0.717) is 6.42 Å². The number of nitrogens with one attached hydrogen (secondary N) is 1. The third-order valence-electron chi connectivity index (χ3n) is 8.50. The molecule has 0 aliphatic carbocycles. The molecule has 1 aromatic carbocycles. The van der Waals surface area contributed by atoms with Crippen LogP contribution in [-0.2, 0) is 19.1 Å². The SMILES string of the molecule is CCOC(=O)[C@@H]1[C@H]2C(=O)N([C@@H](CO)[C@@H](C)CC)C(C(=O)Nc3cc(C)ccc3C)C23CC[C@@]1(C)S3. The van der Waals surface area contributed by atoms with E-state index in [4.69, 9.17) is 4.74 Å². The standard InChI is InChI=1S/C27H38N2O5S/c1-7-16(4)19(14-30)29-22(23(31)28-18-13-15(3)9-10-17(18)5)27-12-11-26(6,35-27)21(20(27)24(29)32)25(33)34-8-2/h9-10,13,16,19-22,30H,7-8,11-12,14H2,1-6H3,(H,28,31)/t16-,19-,20-,21-,22?,26+,27?/m0/s1. The number of esters is 1. The van der Waals surface area contributed by atoms with Crippen LogP contribution in [0.4, 0.5) is 5.69 Å². The number of aliphatic hydroxyl groups is 1. The van der Waals surface area contributed by atoms with Crippen LogP contribution < -0.4 is 5.32 Å². The van der Waals surface area contributed by atoms with Crippen molar-refractivity contribution >= 4 is 35.2 Å². The monoisotopic (exact) mass is 502 g/mol. The molecule has 2 N–H and O–H groups in total. The number of aliphatic hydroxyl groups excluding tert-OH is 1. The molecular formula is C27H38N2O5S. The highest BCUT2D eigenvalue weighted by Crippen LogP contribution is 2.71. The van der Waals surface area contributed by atoms with Gasteiger partial charge in [-0.15, -0.1) is 11.8 Å². The maximum Gasteiger partial charge on any atom is 0.311 e. The number of likely N-dealkylation sites (tertiary alicyclic amines) is 1. The van der Waals surface area contributed by atoms with Gasteiger partial charge in [-0.1, -0.05) is 32.4 Å². The summed E-state index contributed by atoms with van der Waals surface area (Å²) in [5.74, 6) is -2.07. The molecule has 192 valence electrons. The lowest BCUT2D eigenvalue weighted by atomic mass is 9.66. The Bertz CT molecular complexity index is 1030. The number of carbonyl (C=O) groups is 3. The summed E-state index contributed by atoms with van der Waals surface area (Å²) in [6, 6.07) is 4.61. The lowest BCUT2D eigenvalue weighted by Crippen LogP contribution is -2.56. The van der Waals surface area contributed by atoms with Crippen molar-refractivity contribution in [3.8, 4) is 0 Å². The molecule has 2 unspecified atom stereocenters. The Morgan fingerprint density at radius 3 is 2.63 bits per heavy atom. The molecule has 0 saturated carbocycles. The van der Waals surface area contributed by atoms with Crippen LogP contribution in [0.15, 0.2) is 18.2 Å². The van der Waals surface area contributed by atoms with Crippen LogP contribution in [0, 0.1) is 31.6 Å². The van der Waals surface area contributed by atoms with Crippen molar-refractivity contribution in [3.63, 3.8) is 0 Å². The highest BCUT2D eigenvalue weighted by Gasteiger charge is 2.78. The number of anilines is 1. The molecule has 2 amide bonds. The van der Waals surface area contributed by atoms with Crippen molar-refractivity contribution in [1.29, 1.82) is 0 Å². The van der Waals surface area contributed by atoms with Crippen LogP contribution in [0.3, 0.4) is 0 Å². The fourth-order valence-electron chi connectivity index (χ4n) is 6.50. The van der Waals surface area contributed by atoms with Crippen LogP contribution in [0.5, 0.6) is 0 Å². The van der Waals surface area contributed by atoms with Crippen LogP contribution in [0.2, 0.25) is 0 Å². The minimum atomic E-state index is -0.780. The Hall–Kier alpha value is -2.06. The molecule has 1 aromatic rings. The van der Waals surface area contributed by atoms with Gasteiger partial charge in [0.2, 0.25) is 11.8 Å². The zero-order chi connectivity index (χ0) is 25.7. The predicted octanol–water partition coefficient (Wildman–Crippen LogP) is 3.69. The number of hydrogen-bond acceptors (Lipinski definition) is 6. The van der Waals surface area contributed by atoms with E-state index in [2.05, 4.69) is 5.32 Å². The second-order valence-corrected chi connectivity index (χ2v) is 12.6. The first-order chi connectivity index (χ1) is 16.5. The van der Waals surface area contributed by atoms with E-state index in [1.807, 2.05) is 52.8 Å². The number of ether oxygens (including phenoxy) is 1. The molecule has 3 fully saturated rings. The molecule has 1 spiro atoms. The molecule has 3 aliphatic heterocycles. The molecule has 7 nitrogen and oxygen atoms in total. The van der Waals surface area contributed by atoms with Crippen molar-refractivity contribution in [2.45, 2.75) is 82.4 Å². The second-order valence-electron chi connectivity index (χ2n) is 10.7. The third kappa shape index (κ3) is 3.97. The van der Waals surface area contributed by atoms with E-state index in [9.17, 15) is 19.5 Å². The minimum Gasteiger partial charge on any atom is -0.466 e. The van der Waals surface area contributed by atoms with E-state index in [0.717, 1.165) is 29.7 Å². The zero-order valence-corrected chi connectivity index (χ0v) is 22.4. The van der Waals surface area contributed by atoms with Gasteiger partial charge in [0.05, 0.1) is 35.8 Å². The molecule has 3 saturated heterocycles. The van der Waals surface area contributed by atoms with Crippen LogP contribution in [0.25, 0.3) is 0 Å². The summed E-state index contributed by atoms with van der Waals surface area (Å²) in [7, 11) is 0. The summed E-state index contributed by atoms with van der Waals surface area (Å²) in [6.07, 6.45) is 2.16. The maximum absolute atomic E-state index is 14.2. The highest BCUT2D eigenvalue weighted by molar-refractivity contribution is 8.02. The van der Waals surface area contributed by atoms with Gasteiger partial charge >= 0.3 is 5.97 Å². The van der Waals surface area contributed by atoms with Crippen molar-refractivity contribution in [3.05, 3.63) is 29.3 Å². The average molecular weight is 503 g/mol. The third-order valence-corrected chi connectivity index (χ3v) is 10.5. The van der Waals surface area contributed by atoms with Gasteiger partial charge in [-0.3, -0.25) is 14.4 Å². The van der Waals surface area contributed by atoms with Crippen molar-refractivity contribution in [2.75, 3.05) is 18.5 Å². The number of nitrogens with zero attached hydrogens (tertiary/aromatic N) is 1. The molecule has 3 heterocycles. The van der Waals surface area contributed by atoms with E-state index in [1.165, 1.54) is 0 Å². The Morgan fingerprint density at radius 1 is 1.29 bits per heavy atom. The summed E-state index contributed by atoms with van der Waals surface area (Å²) in [4.78, 5) is 43.0. The highest BCUT2D eigenvalue weighted by atomic mass is 32.2. The summed E-state index contributed by atoms with van der Waals surface area (Å²) < 4.78 is 4.25. The van der Waals surface area contributed by atoms with Gasteiger partial charge in [0.1, 0.15) is 6.04 Å². The van der Waals surface area contributed by atoms with Gasteiger partial charge < -0.3 is 20.1 Å². The largest absolute Gasteiger partial charge is 0.466 e. The number of hydrogen-bond donors (Lipinski definition) is 2. The molecule has 2 bridgehead atoms. The number of aryl methyl sites for hydroxylation is 2. The molecular weight excluding hydrogens is 464 g/mol. The van der Waals surface area contributed by atoms with Gasteiger partial charge in [-0.25, -0.2) is 0 Å². The normalized spacial score (nSPS) is 32.9. The lowest BCUT2D eigenvalue weighted by molar-refractivity contribution is -0.155. The Kier molecular flexibility index (Phi) is 7.01. The smallest absolute Gasteiger partial charge is 0.311 e. The van der Waals surface area contributed by atoms with Gasteiger partial charge in [0.25, 0.3) is 0 Å². The number of benzene rings is 1. The Labute approximate surface area is 212 Å². The quantitative estimate of drug-likeness (QED) is 0.527. The average Bonchev–Trinajstić information content (AvgIpc) is 3.38. The molecule has 3 aliphatic rings. The fourth-order valence-corrected chi connectivity index (χ4v) is 8.83. The maximum atomic E-state index is 14.2. The molecule has 0 radical (unpaired) electrons. The van der Waals surface area contributed by atoms with Crippen LogP contribution >= 0.6 is 11.8 Å². The number of carbonyl (C=O) groups excluding carboxylic acids is 3.